The molecule has 0 bridgehead atoms. The van der Waals surface area contributed by atoms with Crippen molar-refractivity contribution in [1.82, 2.24) is 14.8 Å². The van der Waals surface area contributed by atoms with Crippen molar-refractivity contribution in [3.63, 3.8) is 0 Å². The van der Waals surface area contributed by atoms with Crippen molar-refractivity contribution in [2.45, 2.75) is 6.04 Å². The monoisotopic (exact) mass is 357 g/mol. The summed E-state index contributed by atoms with van der Waals surface area (Å²) in [4.78, 5) is 21.7. The van der Waals surface area contributed by atoms with Crippen molar-refractivity contribution < 1.29 is 4.79 Å². The van der Waals surface area contributed by atoms with E-state index in [9.17, 15) is 4.79 Å². The van der Waals surface area contributed by atoms with Gasteiger partial charge < -0.3 is 9.80 Å². The Morgan fingerprint density at radius 3 is 2.41 bits per heavy atom. The molecule has 1 aliphatic rings. The summed E-state index contributed by atoms with van der Waals surface area (Å²) >= 11 is 0. The zero-order valence-electron chi connectivity index (χ0n) is 15.5. The van der Waals surface area contributed by atoms with Gasteiger partial charge in [-0.15, -0.1) is 0 Å². The maximum absolute atomic E-state index is 13.2. The first-order valence-electron chi connectivity index (χ1n) is 9.27. The SMILES string of the molecule is CN1CCN(C(=O)c2ccc(-c3cccnc3)cc2)C(c2ccccc2)C1. The Bertz CT molecular complexity index is 894. The minimum Gasteiger partial charge on any atom is -0.329 e. The van der Waals surface area contributed by atoms with Gasteiger partial charge in [-0.05, 0) is 41.9 Å². The van der Waals surface area contributed by atoms with E-state index in [0.717, 1.165) is 36.3 Å². The quantitative estimate of drug-likeness (QED) is 0.714. The van der Waals surface area contributed by atoms with E-state index in [-0.39, 0.29) is 11.9 Å². The zero-order valence-corrected chi connectivity index (χ0v) is 15.5. The van der Waals surface area contributed by atoms with Gasteiger partial charge >= 0.3 is 0 Å². The minimum absolute atomic E-state index is 0.0791. The van der Waals surface area contributed by atoms with Crippen molar-refractivity contribution in [3.8, 4) is 11.1 Å². The molecule has 0 radical (unpaired) electrons. The van der Waals surface area contributed by atoms with Gasteiger partial charge in [-0.2, -0.15) is 0 Å². The summed E-state index contributed by atoms with van der Waals surface area (Å²) in [6.45, 7) is 2.48. The molecule has 1 amide bonds. The third kappa shape index (κ3) is 3.76. The first-order valence-corrected chi connectivity index (χ1v) is 9.27. The molecular formula is C23H23N3O. The highest BCUT2D eigenvalue weighted by atomic mass is 16.2. The molecular weight excluding hydrogens is 334 g/mol. The Hall–Kier alpha value is -2.98. The lowest BCUT2D eigenvalue weighted by atomic mass is 10.0. The van der Waals surface area contributed by atoms with Gasteiger partial charge in [0.2, 0.25) is 0 Å². The van der Waals surface area contributed by atoms with Gasteiger partial charge in [0.1, 0.15) is 0 Å². The molecule has 27 heavy (non-hydrogen) atoms. The summed E-state index contributed by atoms with van der Waals surface area (Å²) in [5, 5.41) is 0. The summed E-state index contributed by atoms with van der Waals surface area (Å²) < 4.78 is 0. The van der Waals surface area contributed by atoms with Gasteiger partial charge in [-0.1, -0.05) is 48.5 Å². The standard InChI is InChI=1S/C23H23N3O/c1-25-14-15-26(22(17-25)19-6-3-2-4-7-19)23(27)20-11-9-18(10-12-20)21-8-5-13-24-16-21/h2-13,16,22H,14-15,17H2,1H3. The van der Waals surface area contributed by atoms with E-state index in [1.165, 1.54) is 5.56 Å². The van der Waals surface area contributed by atoms with E-state index in [4.69, 9.17) is 0 Å². The van der Waals surface area contributed by atoms with Crippen LogP contribution in [-0.2, 0) is 0 Å². The summed E-state index contributed by atoms with van der Waals surface area (Å²) in [7, 11) is 2.11. The number of piperazine rings is 1. The third-order valence-corrected chi connectivity index (χ3v) is 5.16. The molecule has 136 valence electrons. The number of carbonyl (C=O) groups is 1. The van der Waals surface area contributed by atoms with E-state index in [1.807, 2.05) is 65.7 Å². The number of amides is 1. The van der Waals surface area contributed by atoms with E-state index >= 15 is 0 Å². The summed E-state index contributed by atoms with van der Waals surface area (Å²) in [5.41, 5.74) is 4.04. The van der Waals surface area contributed by atoms with Crippen LogP contribution in [0, 0.1) is 0 Å². The molecule has 0 N–H and O–H groups in total. The van der Waals surface area contributed by atoms with Gasteiger partial charge in [-0.3, -0.25) is 9.78 Å². The molecule has 1 aliphatic heterocycles. The minimum atomic E-state index is 0.0791. The first-order chi connectivity index (χ1) is 13.2. The molecule has 0 saturated carbocycles. The fourth-order valence-corrected chi connectivity index (χ4v) is 3.63. The van der Waals surface area contributed by atoms with Crippen LogP contribution in [0.2, 0.25) is 0 Å². The fourth-order valence-electron chi connectivity index (χ4n) is 3.63. The Morgan fingerprint density at radius 1 is 0.926 bits per heavy atom. The summed E-state index contributed by atoms with van der Waals surface area (Å²) in [5.74, 6) is 0.0923. The highest BCUT2D eigenvalue weighted by Gasteiger charge is 2.30. The number of benzene rings is 2. The topological polar surface area (TPSA) is 36.4 Å². The van der Waals surface area contributed by atoms with Gasteiger partial charge in [0.15, 0.2) is 0 Å². The van der Waals surface area contributed by atoms with Crippen molar-refractivity contribution in [3.05, 3.63) is 90.3 Å². The third-order valence-electron chi connectivity index (χ3n) is 5.16. The molecule has 1 fully saturated rings. The Balaban J connectivity index is 1.59. The van der Waals surface area contributed by atoms with Crippen LogP contribution < -0.4 is 0 Å². The lowest BCUT2D eigenvalue weighted by molar-refractivity contribution is 0.0498. The van der Waals surface area contributed by atoms with Crippen molar-refractivity contribution in [2.75, 3.05) is 26.7 Å². The van der Waals surface area contributed by atoms with Gasteiger partial charge in [0.05, 0.1) is 6.04 Å². The number of hydrogen-bond acceptors (Lipinski definition) is 3. The molecule has 1 aromatic heterocycles. The number of hydrogen-bond donors (Lipinski definition) is 0. The van der Waals surface area contributed by atoms with Crippen LogP contribution in [0.15, 0.2) is 79.1 Å². The second-order valence-corrected chi connectivity index (χ2v) is 7.01. The molecule has 2 heterocycles. The largest absolute Gasteiger partial charge is 0.329 e. The molecule has 4 rings (SSSR count). The number of nitrogens with zero attached hydrogens (tertiary/aromatic N) is 3. The summed E-state index contributed by atoms with van der Waals surface area (Å²) in [6, 6.07) is 22.2. The predicted molar refractivity (Wildman–Crippen MR) is 107 cm³/mol. The van der Waals surface area contributed by atoms with Gasteiger partial charge in [0, 0.05) is 37.6 Å². The van der Waals surface area contributed by atoms with Crippen molar-refractivity contribution in [1.29, 1.82) is 0 Å². The molecule has 0 aliphatic carbocycles. The summed E-state index contributed by atoms with van der Waals surface area (Å²) in [6.07, 6.45) is 3.60. The molecule has 1 atom stereocenters. The van der Waals surface area contributed by atoms with Crippen molar-refractivity contribution in [2.24, 2.45) is 0 Å². The molecule has 1 saturated heterocycles. The van der Waals surface area contributed by atoms with Gasteiger partial charge in [0.25, 0.3) is 5.91 Å². The van der Waals surface area contributed by atoms with Crippen LogP contribution in [-0.4, -0.2) is 47.4 Å². The first kappa shape index (κ1) is 17.4. The number of pyridine rings is 1. The highest BCUT2D eigenvalue weighted by molar-refractivity contribution is 5.95. The molecule has 2 aromatic carbocycles. The smallest absolute Gasteiger partial charge is 0.254 e. The Morgan fingerprint density at radius 2 is 1.70 bits per heavy atom. The maximum Gasteiger partial charge on any atom is 0.254 e. The zero-order chi connectivity index (χ0) is 18.6. The van der Waals surface area contributed by atoms with Crippen LogP contribution in [0.4, 0.5) is 0 Å². The second kappa shape index (κ2) is 7.72. The Labute approximate surface area is 160 Å². The van der Waals surface area contributed by atoms with E-state index in [2.05, 4.69) is 29.1 Å². The molecule has 3 aromatic rings. The number of rotatable bonds is 3. The molecule has 4 heteroatoms. The van der Waals surface area contributed by atoms with E-state index in [0.29, 0.717) is 0 Å². The van der Waals surface area contributed by atoms with E-state index < -0.39 is 0 Å². The Kier molecular flexibility index (Phi) is 4.99. The van der Waals surface area contributed by atoms with Crippen LogP contribution in [0.1, 0.15) is 22.0 Å². The average Bonchev–Trinajstić information content (AvgIpc) is 2.74. The van der Waals surface area contributed by atoms with Crippen LogP contribution in [0.25, 0.3) is 11.1 Å². The van der Waals surface area contributed by atoms with Crippen LogP contribution in [0.5, 0.6) is 0 Å². The fraction of sp³-hybridized carbons (Fsp3) is 0.217. The highest BCUT2D eigenvalue weighted by Crippen LogP contribution is 2.27. The lowest BCUT2D eigenvalue weighted by Gasteiger charge is -2.40. The van der Waals surface area contributed by atoms with Crippen LogP contribution >= 0.6 is 0 Å². The van der Waals surface area contributed by atoms with Crippen molar-refractivity contribution >= 4 is 5.91 Å². The molecule has 1 unspecified atom stereocenters. The predicted octanol–water partition coefficient (Wildman–Crippen LogP) is 3.88. The number of carbonyl (C=O) groups excluding carboxylic acids is 1. The van der Waals surface area contributed by atoms with E-state index in [1.54, 1.807) is 6.20 Å². The van der Waals surface area contributed by atoms with Gasteiger partial charge in [-0.25, -0.2) is 0 Å². The maximum atomic E-state index is 13.2. The number of likely N-dealkylation sites (N-methyl/N-ethyl adjacent to an activating group) is 1. The number of aromatic nitrogens is 1. The normalized spacial score (nSPS) is 17.7. The molecule has 4 nitrogen and oxygen atoms in total. The molecule has 0 spiro atoms. The van der Waals surface area contributed by atoms with Crippen LogP contribution in [0.3, 0.4) is 0 Å². The average molecular weight is 357 g/mol. The lowest BCUT2D eigenvalue weighted by Crippen LogP contribution is -2.49. The second-order valence-electron chi connectivity index (χ2n) is 7.01.